The predicted octanol–water partition coefficient (Wildman–Crippen LogP) is 1.93. The summed E-state index contributed by atoms with van der Waals surface area (Å²) >= 11 is 0. The zero-order valence-corrected chi connectivity index (χ0v) is 12.4. The van der Waals surface area contributed by atoms with Crippen LogP contribution >= 0.6 is 0 Å². The van der Waals surface area contributed by atoms with Gasteiger partial charge >= 0.3 is 0 Å². The molecule has 4 nitrogen and oxygen atoms in total. The minimum atomic E-state index is -3.83. The van der Waals surface area contributed by atoms with Crippen LogP contribution in [0, 0.1) is 18.7 Å². The average molecular weight is 300 g/mol. The Balaban J connectivity index is 2.22. The molecule has 0 amide bonds. The van der Waals surface area contributed by atoms with Crippen LogP contribution in [0.2, 0.25) is 0 Å². The van der Waals surface area contributed by atoms with E-state index in [2.05, 4.69) is 4.72 Å². The van der Waals surface area contributed by atoms with Crippen molar-refractivity contribution in [1.29, 1.82) is 0 Å². The third-order valence-electron chi connectivity index (χ3n) is 3.90. The molecule has 1 aliphatic carbocycles. The van der Waals surface area contributed by atoms with Crippen molar-refractivity contribution in [2.24, 2.45) is 11.7 Å². The van der Waals surface area contributed by atoms with E-state index in [0.717, 1.165) is 25.7 Å². The van der Waals surface area contributed by atoms with Gasteiger partial charge in [0.25, 0.3) is 0 Å². The first kappa shape index (κ1) is 15.4. The van der Waals surface area contributed by atoms with Crippen LogP contribution in [0.1, 0.15) is 31.2 Å². The van der Waals surface area contributed by atoms with Crippen LogP contribution in [0.3, 0.4) is 0 Å². The van der Waals surface area contributed by atoms with E-state index in [0.29, 0.717) is 12.1 Å². The third kappa shape index (κ3) is 3.37. The summed E-state index contributed by atoms with van der Waals surface area (Å²) < 4.78 is 41.1. The van der Waals surface area contributed by atoms with Crippen molar-refractivity contribution in [2.75, 3.05) is 6.54 Å². The van der Waals surface area contributed by atoms with Crippen LogP contribution in [0.4, 0.5) is 4.39 Å². The number of nitrogens with two attached hydrogens (primary N) is 1. The van der Waals surface area contributed by atoms with Gasteiger partial charge in [0.2, 0.25) is 10.0 Å². The molecule has 0 spiro atoms. The van der Waals surface area contributed by atoms with Crippen LogP contribution in [-0.4, -0.2) is 21.0 Å². The number of aryl methyl sites for hydroxylation is 1. The lowest BCUT2D eigenvalue weighted by Crippen LogP contribution is -2.44. The highest BCUT2D eigenvalue weighted by Crippen LogP contribution is 2.25. The molecular weight excluding hydrogens is 279 g/mol. The molecule has 6 heteroatoms. The summed E-state index contributed by atoms with van der Waals surface area (Å²) in [5.41, 5.74) is 6.39. The van der Waals surface area contributed by atoms with E-state index in [4.69, 9.17) is 5.73 Å². The molecule has 0 aliphatic heterocycles. The number of nitrogens with one attached hydrogen (secondary N) is 1. The number of rotatable bonds is 4. The van der Waals surface area contributed by atoms with Crippen LogP contribution in [-0.2, 0) is 10.0 Å². The highest BCUT2D eigenvalue weighted by molar-refractivity contribution is 7.89. The lowest BCUT2D eigenvalue weighted by atomic mass is 9.85. The summed E-state index contributed by atoms with van der Waals surface area (Å²) in [5, 5.41) is 0. The zero-order chi connectivity index (χ0) is 14.8. The molecule has 0 bridgehead atoms. The molecular formula is C14H21FN2O2S. The van der Waals surface area contributed by atoms with Gasteiger partial charge in [0.15, 0.2) is 0 Å². The Hall–Kier alpha value is -0.980. The Morgan fingerprint density at radius 2 is 2.05 bits per heavy atom. The molecule has 0 aromatic heterocycles. The largest absolute Gasteiger partial charge is 0.330 e. The van der Waals surface area contributed by atoms with E-state index in [1.54, 1.807) is 13.0 Å². The molecule has 112 valence electrons. The summed E-state index contributed by atoms with van der Waals surface area (Å²) in [6.07, 6.45) is 3.72. The van der Waals surface area contributed by atoms with E-state index in [9.17, 15) is 12.8 Å². The van der Waals surface area contributed by atoms with Crippen molar-refractivity contribution in [2.45, 2.75) is 43.5 Å². The molecule has 2 rings (SSSR count). The molecule has 1 saturated carbocycles. The van der Waals surface area contributed by atoms with Gasteiger partial charge in [0.1, 0.15) is 10.7 Å². The monoisotopic (exact) mass is 300 g/mol. The van der Waals surface area contributed by atoms with E-state index in [1.807, 2.05) is 0 Å². The Morgan fingerprint density at radius 1 is 1.35 bits per heavy atom. The first-order valence-electron chi connectivity index (χ1n) is 6.92. The first-order valence-corrected chi connectivity index (χ1v) is 8.41. The fourth-order valence-corrected chi connectivity index (χ4v) is 4.13. The Morgan fingerprint density at radius 3 is 2.70 bits per heavy atom. The predicted molar refractivity (Wildman–Crippen MR) is 76.3 cm³/mol. The van der Waals surface area contributed by atoms with Crippen LogP contribution in [0.15, 0.2) is 23.1 Å². The molecule has 2 atom stereocenters. The van der Waals surface area contributed by atoms with Crippen LogP contribution in [0.25, 0.3) is 0 Å². The van der Waals surface area contributed by atoms with Gasteiger partial charge in [-0.25, -0.2) is 17.5 Å². The van der Waals surface area contributed by atoms with Crippen molar-refractivity contribution in [1.82, 2.24) is 4.72 Å². The molecule has 3 N–H and O–H groups in total. The van der Waals surface area contributed by atoms with Gasteiger partial charge in [-0.1, -0.05) is 18.9 Å². The second-order valence-electron chi connectivity index (χ2n) is 5.44. The first-order chi connectivity index (χ1) is 9.44. The Labute approximate surface area is 119 Å². The van der Waals surface area contributed by atoms with Crippen molar-refractivity contribution in [3.63, 3.8) is 0 Å². The molecule has 1 aliphatic rings. The number of hydrogen-bond acceptors (Lipinski definition) is 3. The highest BCUT2D eigenvalue weighted by atomic mass is 32.2. The van der Waals surface area contributed by atoms with Crippen molar-refractivity contribution in [3.05, 3.63) is 29.6 Å². The molecule has 2 unspecified atom stereocenters. The maximum atomic E-state index is 13.8. The Kier molecular flexibility index (Phi) is 4.78. The molecule has 0 radical (unpaired) electrons. The topological polar surface area (TPSA) is 72.2 Å². The number of hydrogen-bond donors (Lipinski definition) is 2. The minimum absolute atomic E-state index is 0.132. The molecule has 0 saturated heterocycles. The fraction of sp³-hybridized carbons (Fsp3) is 0.571. The third-order valence-corrected chi connectivity index (χ3v) is 5.42. The van der Waals surface area contributed by atoms with Gasteiger partial charge < -0.3 is 5.73 Å². The average Bonchev–Trinajstić information content (AvgIpc) is 2.38. The van der Waals surface area contributed by atoms with Crippen LogP contribution < -0.4 is 10.5 Å². The highest BCUT2D eigenvalue weighted by Gasteiger charge is 2.29. The van der Waals surface area contributed by atoms with E-state index in [-0.39, 0.29) is 16.9 Å². The second-order valence-corrected chi connectivity index (χ2v) is 7.12. The Bertz CT molecular complexity index is 575. The maximum Gasteiger partial charge on any atom is 0.243 e. The smallest absolute Gasteiger partial charge is 0.243 e. The molecule has 0 heterocycles. The standard InChI is InChI=1S/C14H21FN2O2S/c1-10-6-7-14(12(15)8-10)20(18,19)17-13-5-3-2-4-11(13)9-16/h6-8,11,13,17H,2-5,9,16H2,1H3. The van der Waals surface area contributed by atoms with E-state index < -0.39 is 15.8 Å². The van der Waals surface area contributed by atoms with Crippen molar-refractivity contribution < 1.29 is 12.8 Å². The molecule has 1 fully saturated rings. The van der Waals surface area contributed by atoms with Gasteiger partial charge in [-0.2, -0.15) is 0 Å². The number of halogens is 1. The van der Waals surface area contributed by atoms with E-state index >= 15 is 0 Å². The van der Waals surface area contributed by atoms with Gasteiger partial charge in [-0.3, -0.25) is 0 Å². The summed E-state index contributed by atoms with van der Waals surface area (Å²) in [4.78, 5) is -0.288. The quantitative estimate of drug-likeness (QED) is 0.892. The number of benzene rings is 1. The maximum absolute atomic E-state index is 13.8. The molecule has 1 aromatic carbocycles. The summed E-state index contributed by atoms with van der Waals surface area (Å²) in [5.74, 6) is -0.579. The van der Waals surface area contributed by atoms with Gasteiger partial charge in [0, 0.05) is 6.04 Å². The molecule has 1 aromatic rings. The lowest BCUT2D eigenvalue weighted by Gasteiger charge is -2.31. The lowest BCUT2D eigenvalue weighted by molar-refractivity contribution is 0.296. The SMILES string of the molecule is Cc1ccc(S(=O)(=O)NC2CCCCC2CN)c(F)c1. The van der Waals surface area contributed by atoms with E-state index in [1.165, 1.54) is 12.1 Å². The normalized spacial score (nSPS) is 23.8. The van der Waals surface area contributed by atoms with Gasteiger partial charge in [0.05, 0.1) is 0 Å². The van der Waals surface area contributed by atoms with Crippen molar-refractivity contribution in [3.8, 4) is 0 Å². The summed E-state index contributed by atoms with van der Waals surface area (Å²) in [7, 11) is -3.83. The second kappa shape index (κ2) is 6.20. The van der Waals surface area contributed by atoms with Crippen LogP contribution in [0.5, 0.6) is 0 Å². The fourth-order valence-electron chi connectivity index (χ4n) is 2.73. The summed E-state index contributed by atoms with van der Waals surface area (Å²) in [6.45, 7) is 2.17. The van der Waals surface area contributed by atoms with Gasteiger partial charge in [-0.15, -0.1) is 0 Å². The summed E-state index contributed by atoms with van der Waals surface area (Å²) in [6, 6.07) is 3.95. The zero-order valence-electron chi connectivity index (χ0n) is 11.6. The molecule has 20 heavy (non-hydrogen) atoms. The number of sulfonamides is 1. The van der Waals surface area contributed by atoms with Crippen molar-refractivity contribution >= 4 is 10.0 Å². The minimum Gasteiger partial charge on any atom is -0.330 e. The van der Waals surface area contributed by atoms with Gasteiger partial charge in [-0.05, 0) is 49.9 Å².